The monoisotopic (exact) mass is 191 g/mol. The van der Waals surface area contributed by atoms with Crippen molar-refractivity contribution in [2.75, 3.05) is 12.3 Å². The zero-order valence-electron chi connectivity index (χ0n) is 6.79. The molecule has 0 heterocycles. The number of nitrogens with one attached hydrogen (secondary N) is 1. The molecule has 0 aliphatic heterocycles. The third-order valence-corrected chi connectivity index (χ3v) is 2.65. The van der Waals surface area contributed by atoms with Crippen LogP contribution in [0, 0.1) is 0 Å². The molecule has 1 N–H and O–H groups in total. The molecule has 0 aliphatic rings. The molecule has 64 valence electrons. The summed E-state index contributed by atoms with van der Waals surface area (Å²) >= 11 is 6.54. The van der Waals surface area contributed by atoms with E-state index in [0.717, 1.165) is 5.75 Å². The number of carbonyl (C=O) groups is 1. The lowest BCUT2D eigenvalue weighted by atomic mass is 10.4. The second kappa shape index (κ2) is 6.61. The van der Waals surface area contributed by atoms with Crippen LogP contribution in [0.2, 0.25) is 0 Å². The van der Waals surface area contributed by atoms with Gasteiger partial charge in [-0.05, 0) is 11.1 Å². The Morgan fingerprint density at radius 2 is 2.45 bits per heavy atom. The Bertz CT molecular complexity index is 138. The van der Waals surface area contributed by atoms with E-state index in [2.05, 4.69) is 12.2 Å². The molecule has 0 fully saturated rings. The van der Waals surface area contributed by atoms with E-state index in [9.17, 15) is 4.79 Å². The minimum absolute atomic E-state index is 0.00329. The van der Waals surface area contributed by atoms with Crippen molar-refractivity contribution in [1.29, 1.82) is 0 Å². The number of rotatable bonds is 5. The van der Waals surface area contributed by atoms with Gasteiger partial charge in [0.2, 0.25) is 5.91 Å². The molecule has 0 aromatic carbocycles. The summed E-state index contributed by atoms with van der Waals surface area (Å²) in [6.45, 7) is 4.23. The molecule has 0 rings (SSSR count). The van der Waals surface area contributed by atoms with Crippen LogP contribution >= 0.6 is 24.0 Å². The Balaban J connectivity index is 3.51. The first-order valence-electron chi connectivity index (χ1n) is 3.52. The summed E-state index contributed by atoms with van der Waals surface area (Å²) in [5.41, 5.74) is 0. The number of hydrogen-bond acceptors (Lipinski definition) is 3. The SMILES string of the molecule is CCSC(C=S)CNC(C)=O. The highest BCUT2D eigenvalue weighted by Gasteiger charge is 2.03. The van der Waals surface area contributed by atoms with Gasteiger partial charge in [0.1, 0.15) is 0 Å². The van der Waals surface area contributed by atoms with Crippen molar-refractivity contribution in [3.05, 3.63) is 0 Å². The molecule has 1 amide bonds. The highest BCUT2D eigenvalue weighted by atomic mass is 32.2. The van der Waals surface area contributed by atoms with Crippen LogP contribution in [0.25, 0.3) is 0 Å². The molecule has 0 bridgehead atoms. The minimum Gasteiger partial charge on any atom is -0.355 e. The van der Waals surface area contributed by atoms with Gasteiger partial charge in [0.25, 0.3) is 0 Å². The van der Waals surface area contributed by atoms with E-state index in [1.807, 2.05) is 0 Å². The normalized spacial score (nSPS) is 12.2. The predicted octanol–water partition coefficient (Wildman–Crippen LogP) is 1.24. The van der Waals surface area contributed by atoms with Crippen LogP contribution in [0.4, 0.5) is 0 Å². The van der Waals surface area contributed by atoms with Gasteiger partial charge in [0.05, 0.1) is 5.25 Å². The zero-order chi connectivity index (χ0) is 8.69. The Morgan fingerprint density at radius 3 is 2.82 bits per heavy atom. The fourth-order valence-corrected chi connectivity index (χ4v) is 1.64. The van der Waals surface area contributed by atoms with Gasteiger partial charge < -0.3 is 5.32 Å². The lowest BCUT2D eigenvalue weighted by Gasteiger charge is -2.09. The van der Waals surface area contributed by atoms with Crippen LogP contribution in [0.3, 0.4) is 0 Å². The second-order valence-electron chi connectivity index (χ2n) is 2.07. The Morgan fingerprint density at radius 1 is 1.82 bits per heavy atom. The van der Waals surface area contributed by atoms with Crippen molar-refractivity contribution >= 4 is 35.3 Å². The maximum absolute atomic E-state index is 10.5. The molecule has 0 spiro atoms. The number of amides is 1. The van der Waals surface area contributed by atoms with E-state index < -0.39 is 0 Å². The Hall–Kier alpha value is -0.0900. The van der Waals surface area contributed by atoms with Crippen LogP contribution in [0.5, 0.6) is 0 Å². The number of thioether (sulfide) groups is 1. The summed E-state index contributed by atoms with van der Waals surface area (Å²) in [6.07, 6.45) is 0. The first-order chi connectivity index (χ1) is 5.20. The summed E-state index contributed by atoms with van der Waals surface area (Å²) < 4.78 is 0. The summed E-state index contributed by atoms with van der Waals surface area (Å²) in [4.78, 5) is 10.5. The van der Waals surface area contributed by atoms with Crippen LogP contribution < -0.4 is 5.32 Å². The molecule has 1 atom stereocenters. The van der Waals surface area contributed by atoms with Crippen molar-refractivity contribution < 1.29 is 4.79 Å². The maximum atomic E-state index is 10.5. The van der Waals surface area contributed by atoms with Gasteiger partial charge in [-0.2, -0.15) is 11.8 Å². The average Bonchev–Trinajstić information content (AvgIpc) is 1.97. The zero-order valence-corrected chi connectivity index (χ0v) is 8.43. The van der Waals surface area contributed by atoms with Gasteiger partial charge in [0, 0.05) is 13.5 Å². The van der Waals surface area contributed by atoms with E-state index in [4.69, 9.17) is 12.2 Å². The van der Waals surface area contributed by atoms with E-state index >= 15 is 0 Å². The molecule has 2 nitrogen and oxygen atoms in total. The molecular formula is C7H13NOS2. The molecule has 0 aliphatic carbocycles. The fourth-order valence-electron chi connectivity index (χ4n) is 0.605. The number of hydrogen-bond donors (Lipinski definition) is 1. The summed E-state index contributed by atoms with van der Waals surface area (Å²) in [6, 6.07) is 0. The molecule has 0 aromatic rings. The van der Waals surface area contributed by atoms with Gasteiger partial charge in [-0.1, -0.05) is 19.1 Å². The molecule has 4 heteroatoms. The molecular weight excluding hydrogens is 178 g/mol. The van der Waals surface area contributed by atoms with Gasteiger partial charge >= 0.3 is 0 Å². The third-order valence-electron chi connectivity index (χ3n) is 1.08. The number of thiocarbonyl (C=S) groups is 1. The third kappa shape index (κ3) is 6.31. The molecule has 11 heavy (non-hydrogen) atoms. The highest BCUT2D eigenvalue weighted by Crippen LogP contribution is 2.06. The average molecular weight is 191 g/mol. The molecule has 0 saturated carbocycles. The standard InChI is InChI=1S/C7H13NOS2/c1-3-11-7(5-10)4-8-6(2)9/h5,7H,3-4H2,1-2H3,(H,8,9). The van der Waals surface area contributed by atoms with Crippen molar-refractivity contribution in [2.45, 2.75) is 19.1 Å². The topological polar surface area (TPSA) is 29.1 Å². The first kappa shape index (κ1) is 10.9. The Kier molecular flexibility index (Phi) is 6.56. The van der Waals surface area contributed by atoms with E-state index in [0.29, 0.717) is 6.54 Å². The molecule has 0 saturated heterocycles. The highest BCUT2D eigenvalue weighted by molar-refractivity contribution is 8.01. The number of carbonyl (C=O) groups excluding carboxylic acids is 1. The molecule has 0 radical (unpaired) electrons. The Labute approximate surface area is 77.1 Å². The minimum atomic E-state index is 0.00329. The van der Waals surface area contributed by atoms with Crippen molar-refractivity contribution in [3.8, 4) is 0 Å². The van der Waals surface area contributed by atoms with Crippen LogP contribution in [-0.4, -0.2) is 28.8 Å². The van der Waals surface area contributed by atoms with Gasteiger partial charge in [0.15, 0.2) is 0 Å². The van der Waals surface area contributed by atoms with Crippen molar-refractivity contribution in [1.82, 2.24) is 5.32 Å². The molecule has 0 aromatic heterocycles. The predicted molar refractivity (Wildman–Crippen MR) is 54.3 cm³/mol. The van der Waals surface area contributed by atoms with Crippen LogP contribution in [0.15, 0.2) is 0 Å². The second-order valence-corrected chi connectivity index (χ2v) is 3.86. The van der Waals surface area contributed by atoms with Gasteiger partial charge in [-0.25, -0.2) is 0 Å². The first-order valence-corrected chi connectivity index (χ1v) is 5.04. The fraction of sp³-hybridized carbons (Fsp3) is 0.714. The lowest BCUT2D eigenvalue weighted by molar-refractivity contribution is -0.118. The van der Waals surface area contributed by atoms with Gasteiger partial charge in [-0.3, -0.25) is 4.79 Å². The van der Waals surface area contributed by atoms with Crippen LogP contribution in [-0.2, 0) is 4.79 Å². The largest absolute Gasteiger partial charge is 0.355 e. The van der Waals surface area contributed by atoms with E-state index in [-0.39, 0.29) is 11.2 Å². The van der Waals surface area contributed by atoms with Crippen molar-refractivity contribution in [2.24, 2.45) is 0 Å². The summed E-state index contributed by atoms with van der Waals surface area (Å²) in [5.74, 6) is 1.03. The van der Waals surface area contributed by atoms with E-state index in [1.54, 1.807) is 17.1 Å². The molecule has 1 unspecified atom stereocenters. The smallest absolute Gasteiger partial charge is 0.216 e. The maximum Gasteiger partial charge on any atom is 0.216 e. The van der Waals surface area contributed by atoms with Crippen molar-refractivity contribution in [3.63, 3.8) is 0 Å². The van der Waals surface area contributed by atoms with Crippen LogP contribution in [0.1, 0.15) is 13.8 Å². The summed E-state index contributed by atoms with van der Waals surface area (Å²) in [5, 5.41) is 4.70. The summed E-state index contributed by atoms with van der Waals surface area (Å²) in [7, 11) is 0. The quantitative estimate of drug-likeness (QED) is 0.663. The van der Waals surface area contributed by atoms with E-state index in [1.165, 1.54) is 6.92 Å². The van der Waals surface area contributed by atoms with Gasteiger partial charge in [-0.15, -0.1) is 0 Å². The lowest BCUT2D eigenvalue weighted by Crippen LogP contribution is -2.29.